The minimum atomic E-state index is -0.989. The van der Waals surface area contributed by atoms with Crippen molar-refractivity contribution in [3.05, 3.63) is 54.5 Å². The number of aliphatic hydroxyl groups is 1. The number of pyridine rings is 1. The second-order valence-corrected chi connectivity index (χ2v) is 7.75. The zero-order chi connectivity index (χ0) is 21.0. The van der Waals surface area contributed by atoms with E-state index in [1.54, 1.807) is 31.8 Å². The minimum Gasteiger partial charge on any atom is -0.386 e. The summed E-state index contributed by atoms with van der Waals surface area (Å²) in [5, 5.41) is 13.9. The van der Waals surface area contributed by atoms with Crippen molar-refractivity contribution in [3.63, 3.8) is 0 Å². The average Bonchev–Trinajstić information content (AvgIpc) is 3.19. The summed E-state index contributed by atoms with van der Waals surface area (Å²) in [6, 6.07) is 11.2. The number of carbonyl (C=O) groups is 1. The first-order valence-corrected chi connectivity index (χ1v) is 10.2. The highest BCUT2D eigenvalue weighted by Gasteiger charge is 2.34. The third kappa shape index (κ3) is 4.44. The Bertz CT molecular complexity index is 1010. The number of benzene rings is 1. The molecule has 158 valence electrons. The quantitative estimate of drug-likeness (QED) is 0.619. The number of piperidine rings is 1. The van der Waals surface area contributed by atoms with Crippen molar-refractivity contribution in [2.75, 3.05) is 38.3 Å². The number of imidazole rings is 1. The molecule has 30 heavy (non-hydrogen) atoms. The van der Waals surface area contributed by atoms with Gasteiger partial charge in [-0.3, -0.25) is 4.79 Å². The topological polar surface area (TPSA) is 92.5 Å². The van der Waals surface area contributed by atoms with Crippen LogP contribution in [0, 0.1) is 0 Å². The number of ether oxygens (including phenoxy) is 1. The summed E-state index contributed by atoms with van der Waals surface area (Å²) >= 11 is 0. The normalized spacial score (nSPS) is 19.2. The fourth-order valence-corrected chi connectivity index (χ4v) is 3.91. The van der Waals surface area contributed by atoms with Crippen LogP contribution in [-0.4, -0.2) is 64.5 Å². The van der Waals surface area contributed by atoms with Gasteiger partial charge in [0.2, 0.25) is 0 Å². The van der Waals surface area contributed by atoms with Gasteiger partial charge in [-0.25, -0.2) is 9.97 Å². The molecule has 4 rings (SSSR count). The van der Waals surface area contributed by atoms with E-state index in [9.17, 15) is 9.90 Å². The molecule has 3 heterocycles. The largest absolute Gasteiger partial charge is 0.386 e. The number of nitrogens with zero attached hydrogens (tertiary/aromatic N) is 4. The average molecular weight is 409 g/mol. The second-order valence-electron chi connectivity index (χ2n) is 7.75. The summed E-state index contributed by atoms with van der Waals surface area (Å²) < 4.78 is 7.11. The Labute approximate surface area is 175 Å². The summed E-state index contributed by atoms with van der Waals surface area (Å²) in [5.74, 6) is 0.628. The fraction of sp³-hybridized carbons (Fsp3) is 0.409. The maximum atomic E-state index is 12.7. The summed E-state index contributed by atoms with van der Waals surface area (Å²) in [5.41, 5.74) is 1.26. The Kier molecular flexibility index (Phi) is 5.96. The summed E-state index contributed by atoms with van der Waals surface area (Å²) in [4.78, 5) is 23.5. The lowest BCUT2D eigenvalue weighted by atomic mass is 9.92. The minimum absolute atomic E-state index is 0.190. The highest BCUT2D eigenvalue weighted by molar-refractivity contribution is 5.97. The van der Waals surface area contributed by atoms with Crippen molar-refractivity contribution in [1.29, 1.82) is 0 Å². The van der Waals surface area contributed by atoms with Crippen LogP contribution in [0.2, 0.25) is 0 Å². The van der Waals surface area contributed by atoms with Crippen LogP contribution in [-0.2, 0) is 11.3 Å². The van der Waals surface area contributed by atoms with Crippen LogP contribution in [0.4, 0.5) is 5.82 Å². The molecular formula is C22H27N5O3. The van der Waals surface area contributed by atoms with E-state index in [2.05, 4.69) is 20.2 Å². The van der Waals surface area contributed by atoms with Gasteiger partial charge in [0.1, 0.15) is 5.82 Å². The molecule has 1 aliphatic heterocycles. The number of nitrogens with one attached hydrogen (secondary N) is 1. The number of β-amino-alcohol motifs (C(OH)–C–C–N with tert-alkyl or cyclic N) is 1. The van der Waals surface area contributed by atoms with Crippen molar-refractivity contribution in [2.24, 2.45) is 0 Å². The van der Waals surface area contributed by atoms with Gasteiger partial charge in [0, 0.05) is 45.0 Å². The first kappa shape index (κ1) is 20.3. The summed E-state index contributed by atoms with van der Waals surface area (Å²) in [7, 11) is 1.66. The van der Waals surface area contributed by atoms with Gasteiger partial charge >= 0.3 is 0 Å². The molecule has 2 N–H and O–H groups in total. The predicted octanol–water partition coefficient (Wildman–Crippen LogP) is 1.84. The fourth-order valence-electron chi connectivity index (χ4n) is 3.91. The lowest BCUT2D eigenvalue weighted by Crippen LogP contribution is -2.54. The Balaban J connectivity index is 1.40. The predicted molar refractivity (Wildman–Crippen MR) is 115 cm³/mol. The lowest BCUT2D eigenvalue weighted by Gasteiger charge is -2.39. The second kappa shape index (κ2) is 8.81. The Morgan fingerprint density at radius 3 is 3.00 bits per heavy atom. The molecule has 1 fully saturated rings. The van der Waals surface area contributed by atoms with Gasteiger partial charge in [-0.05, 0) is 43.2 Å². The zero-order valence-electron chi connectivity index (χ0n) is 17.1. The van der Waals surface area contributed by atoms with E-state index in [1.165, 1.54) is 0 Å². The number of amides is 1. The number of hydrogen-bond acceptors (Lipinski definition) is 6. The maximum absolute atomic E-state index is 12.7. The zero-order valence-corrected chi connectivity index (χ0v) is 17.1. The number of hydrogen-bond donors (Lipinski definition) is 2. The molecule has 8 nitrogen and oxygen atoms in total. The molecule has 1 unspecified atom stereocenters. The number of methoxy groups -OCH3 is 1. The SMILES string of the molecule is COCCn1cnc2cc(C(=O)NCC3(O)CCCN(c4ccccn4)C3)ccc21. The van der Waals surface area contributed by atoms with E-state index in [0.717, 1.165) is 29.8 Å². The highest BCUT2D eigenvalue weighted by Crippen LogP contribution is 2.24. The molecule has 1 aromatic carbocycles. The number of anilines is 1. The van der Waals surface area contributed by atoms with Gasteiger partial charge in [-0.1, -0.05) is 6.07 Å². The number of carbonyl (C=O) groups excluding carboxylic acids is 1. The van der Waals surface area contributed by atoms with Gasteiger partial charge in [0.05, 0.1) is 29.6 Å². The third-order valence-electron chi connectivity index (χ3n) is 5.53. The Morgan fingerprint density at radius 1 is 1.30 bits per heavy atom. The van der Waals surface area contributed by atoms with Crippen molar-refractivity contribution < 1.29 is 14.6 Å². The van der Waals surface area contributed by atoms with Crippen molar-refractivity contribution in [1.82, 2.24) is 19.9 Å². The van der Waals surface area contributed by atoms with Gasteiger partial charge < -0.3 is 24.6 Å². The van der Waals surface area contributed by atoms with Crippen LogP contribution in [0.15, 0.2) is 48.9 Å². The molecule has 0 radical (unpaired) electrons. The molecule has 1 atom stereocenters. The molecule has 0 aliphatic carbocycles. The molecule has 8 heteroatoms. The number of rotatable bonds is 7. The summed E-state index contributed by atoms with van der Waals surface area (Å²) in [6.45, 7) is 2.78. The van der Waals surface area contributed by atoms with Crippen LogP contribution < -0.4 is 10.2 Å². The summed E-state index contributed by atoms with van der Waals surface area (Å²) in [6.07, 6.45) is 4.98. The van der Waals surface area contributed by atoms with Crippen LogP contribution >= 0.6 is 0 Å². The standard InChI is InChI=1S/C22H27N5O3/c1-30-12-11-27-16-25-18-13-17(6-7-19(18)27)21(28)24-14-22(29)8-4-10-26(15-22)20-5-2-3-9-23-20/h2-3,5-7,9,13,16,29H,4,8,10-12,14-15H2,1H3,(H,24,28). The number of fused-ring (bicyclic) bond motifs is 1. The van der Waals surface area contributed by atoms with Gasteiger partial charge in [0.15, 0.2) is 0 Å². The van der Waals surface area contributed by atoms with Gasteiger partial charge in [-0.2, -0.15) is 0 Å². The van der Waals surface area contributed by atoms with Gasteiger partial charge in [-0.15, -0.1) is 0 Å². The van der Waals surface area contributed by atoms with E-state index in [0.29, 0.717) is 31.7 Å². The Morgan fingerprint density at radius 2 is 2.20 bits per heavy atom. The highest BCUT2D eigenvalue weighted by atomic mass is 16.5. The third-order valence-corrected chi connectivity index (χ3v) is 5.53. The first-order valence-electron chi connectivity index (χ1n) is 10.2. The van der Waals surface area contributed by atoms with E-state index >= 15 is 0 Å². The maximum Gasteiger partial charge on any atom is 0.251 e. The molecule has 1 amide bonds. The number of aromatic nitrogens is 3. The van der Waals surface area contributed by atoms with Crippen LogP contribution in [0.3, 0.4) is 0 Å². The first-order chi connectivity index (χ1) is 14.6. The molecule has 0 spiro atoms. The molecule has 0 bridgehead atoms. The van der Waals surface area contributed by atoms with E-state index in [-0.39, 0.29) is 12.5 Å². The molecule has 2 aromatic heterocycles. The van der Waals surface area contributed by atoms with Gasteiger partial charge in [0.25, 0.3) is 5.91 Å². The van der Waals surface area contributed by atoms with Crippen LogP contribution in [0.5, 0.6) is 0 Å². The molecule has 1 saturated heterocycles. The smallest absolute Gasteiger partial charge is 0.251 e. The van der Waals surface area contributed by atoms with E-state index < -0.39 is 5.60 Å². The lowest BCUT2D eigenvalue weighted by molar-refractivity contribution is 0.0254. The molecule has 1 aliphatic rings. The van der Waals surface area contributed by atoms with Crippen molar-refractivity contribution >= 4 is 22.8 Å². The Hall–Kier alpha value is -2.97. The monoisotopic (exact) mass is 409 g/mol. The van der Waals surface area contributed by atoms with Crippen molar-refractivity contribution in [2.45, 2.75) is 25.0 Å². The van der Waals surface area contributed by atoms with Crippen molar-refractivity contribution in [3.8, 4) is 0 Å². The molecule has 0 saturated carbocycles. The van der Waals surface area contributed by atoms with E-state index in [4.69, 9.17) is 4.74 Å². The van der Waals surface area contributed by atoms with Crippen LogP contribution in [0.25, 0.3) is 11.0 Å². The molecule has 3 aromatic rings. The van der Waals surface area contributed by atoms with E-state index in [1.807, 2.05) is 28.8 Å². The molecular weight excluding hydrogens is 382 g/mol. The van der Waals surface area contributed by atoms with Crippen LogP contribution in [0.1, 0.15) is 23.2 Å².